The monoisotopic (exact) mass is 280 g/mol. The summed E-state index contributed by atoms with van der Waals surface area (Å²) in [5, 5.41) is 12.7. The third-order valence-electron chi connectivity index (χ3n) is 2.12. The van der Waals surface area contributed by atoms with Crippen LogP contribution in [0.2, 0.25) is 0 Å². The molecule has 0 aliphatic carbocycles. The van der Waals surface area contributed by atoms with E-state index in [-0.39, 0.29) is 5.69 Å². The van der Waals surface area contributed by atoms with E-state index >= 15 is 0 Å². The van der Waals surface area contributed by atoms with Crippen LogP contribution in [-0.4, -0.2) is 20.9 Å². The van der Waals surface area contributed by atoms with E-state index in [9.17, 15) is 4.79 Å². The van der Waals surface area contributed by atoms with Gasteiger partial charge in [0.25, 0.3) is 0 Å². The molecule has 1 aromatic heterocycles. The van der Waals surface area contributed by atoms with E-state index in [0.29, 0.717) is 6.54 Å². The molecule has 1 aromatic carbocycles. The molecule has 0 spiro atoms. The molecule has 0 amide bonds. The quantitative estimate of drug-likeness (QED) is 0.939. The number of nitrogens with zero attached hydrogens (tertiary/aromatic N) is 2. The summed E-state index contributed by atoms with van der Waals surface area (Å²) in [7, 11) is 0. The Kier molecular flexibility index (Phi) is 3.05. The van der Waals surface area contributed by atoms with Gasteiger partial charge in [0.05, 0.1) is 6.54 Å². The summed E-state index contributed by atoms with van der Waals surface area (Å²) in [5.41, 5.74) is 1.14. The largest absolute Gasteiger partial charge is 0.476 e. The van der Waals surface area contributed by atoms with Gasteiger partial charge in [0.15, 0.2) is 5.69 Å². The van der Waals surface area contributed by atoms with Crippen LogP contribution in [-0.2, 0) is 6.54 Å². The number of aromatic nitrogens is 2. The molecule has 2 aromatic rings. The van der Waals surface area contributed by atoms with E-state index in [1.807, 2.05) is 24.3 Å². The minimum atomic E-state index is -1.01. The Balaban J connectivity index is 2.14. The summed E-state index contributed by atoms with van der Waals surface area (Å²) >= 11 is 3.35. The Morgan fingerprint density at radius 2 is 2.00 bits per heavy atom. The minimum absolute atomic E-state index is 0.0668. The molecule has 2 rings (SSSR count). The zero-order chi connectivity index (χ0) is 11.5. The first-order valence-corrected chi connectivity index (χ1v) is 5.45. The summed E-state index contributed by atoms with van der Waals surface area (Å²) in [4.78, 5) is 10.6. The number of halogens is 1. The van der Waals surface area contributed by atoms with Crippen molar-refractivity contribution in [3.63, 3.8) is 0 Å². The van der Waals surface area contributed by atoms with Crippen molar-refractivity contribution in [1.29, 1.82) is 0 Å². The molecule has 16 heavy (non-hydrogen) atoms. The molecule has 0 saturated heterocycles. The maximum atomic E-state index is 10.6. The third kappa shape index (κ3) is 2.49. The smallest absolute Gasteiger partial charge is 0.356 e. The van der Waals surface area contributed by atoms with Crippen LogP contribution in [0.1, 0.15) is 16.1 Å². The fourth-order valence-corrected chi connectivity index (χ4v) is 1.61. The summed E-state index contributed by atoms with van der Waals surface area (Å²) in [6.07, 6.45) is 1.66. The van der Waals surface area contributed by atoms with Crippen LogP contribution in [0.5, 0.6) is 0 Å². The number of aromatic carboxylic acids is 1. The van der Waals surface area contributed by atoms with E-state index in [4.69, 9.17) is 5.11 Å². The first-order valence-electron chi connectivity index (χ1n) is 4.66. The molecule has 0 bridgehead atoms. The second-order valence-corrected chi connectivity index (χ2v) is 4.25. The number of rotatable bonds is 3. The van der Waals surface area contributed by atoms with Gasteiger partial charge in [-0.05, 0) is 23.8 Å². The second kappa shape index (κ2) is 4.49. The maximum absolute atomic E-state index is 10.6. The summed E-state index contributed by atoms with van der Waals surface area (Å²) < 4.78 is 2.62. The van der Waals surface area contributed by atoms with E-state index < -0.39 is 5.97 Å². The SMILES string of the molecule is O=C(O)c1ccn(Cc2ccc(Br)cc2)n1. The molecule has 1 heterocycles. The number of carboxylic acids is 1. The van der Waals surface area contributed by atoms with Crippen LogP contribution in [0.15, 0.2) is 41.0 Å². The first-order chi connectivity index (χ1) is 7.65. The molecule has 82 valence electrons. The third-order valence-corrected chi connectivity index (χ3v) is 2.65. The van der Waals surface area contributed by atoms with Crippen molar-refractivity contribution in [3.05, 3.63) is 52.3 Å². The number of hydrogen-bond acceptors (Lipinski definition) is 2. The highest BCUT2D eigenvalue weighted by Gasteiger charge is 2.06. The Morgan fingerprint density at radius 1 is 1.31 bits per heavy atom. The van der Waals surface area contributed by atoms with Crippen molar-refractivity contribution < 1.29 is 9.90 Å². The molecule has 0 fully saturated rings. The van der Waals surface area contributed by atoms with Gasteiger partial charge in [0.2, 0.25) is 0 Å². The first kappa shape index (κ1) is 10.9. The van der Waals surface area contributed by atoms with Gasteiger partial charge in [0.1, 0.15) is 0 Å². The molecule has 5 heteroatoms. The van der Waals surface area contributed by atoms with Gasteiger partial charge in [0, 0.05) is 10.7 Å². The van der Waals surface area contributed by atoms with Crippen LogP contribution >= 0.6 is 15.9 Å². The fourth-order valence-electron chi connectivity index (χ4n) is 1.34. The molecule has 4 nitrogen and oxygen atoms in total. The highest BCUT2D eigenvalue weighted by Crippen LogP contribution is 2.11. The zero-order valence-corrected chi connectivity index (χ0v) is 9.89. The molecule has 0 unspecified atom stereocenters. The highest BCUT2D eigenvalue weighted by atomic mass is 79.9. The topological polar surface area (TPSA) is 55.1 Å². The Hall–Kier alpha value is -1.62. The summed E-state index contributed by atoms with van der Waals surface area (Å²) in [5.74, 6) is -1.01. The summed E-state index contributed by atoms with van der Waals surface area (Å²) in [6.45, 7) is 0.570. The lowest BCUT2D eigenvalue weighted by atomic mass is 10.2. The average molecular weight is 281 g/mol. The van der Waals surface area contributed by atoms with Gasteiger partial charge in [-0.25, -0.2) is 4.79 Å². The molecular formula is C11H9BrN2O2. The second-order valence-electron chi connectivity index (χ2n) is 3.33. The van der Waals surface area contributed by atoms with Crippen molar-refractivity contribution in [1.82, 2.24) is 9.78 Å². The van der Waals surface area contributed by atoms with Crippen LogP contribution < -0.4 is 0 Å². The van der Waals surface area contributed by atoms with Crippen LogP contribution in [0.3, 0.4) is 0 Å². The van der Waals surface area contributed by atoms with E-state index in [1.165, 1.54) is 6.07 Å². The predicted molar refractivity (Wildman–Crippen MR) is 62.4 cm³/mol. The maximum Gasteiger partial charge on any atom is 0.356 e. The molecular weight excluding hydrogens is 272 g/mol. The van der Waals surface area contributed by atoms with Crippen LogP contribution in [0, 0.1) is 0 Å². The zero-order valence-electron chi connectivity index (χ0n) is 8.30. The van der Waals surface area contributed by atoms with Crippen LogP contribution in [0.25, 0.3) is 0 Å². The Morgan fingerprint density at radius 3 is 2.56 bits per heavy atom. The average Bonchev–Trinajstić information content (AvgIpc) is 2.70. The number of hydrogen-bond donors (Lipinski definition) is 1. The number of carbonyl (C=O) groups is 1. The normalized spacial score (nSPS) is 10.3. The van der Waals surface area contributed by atoms with Crippen LogP contribution in [0.4, 0.5) is 0 Å². The molecule has 0 saturated carbocycles. The lowest BCUT2D eigenvalue weighted by Gasteiger charge is -2.01. The van der Waals surface area contributed by atoms with Gasteiger partial charge < -0.3 is 5.11 Å². The van der Waals surface area contributed by atoms with E-state index in [1.54, 1.807) is 10.9 Å². The van der Waals surface area contributed by atoms with Crippen molar-refractivity contribution in [2.75, 3.05) is 0 Å². The molecule has 0 aliphatic rings. The Labute approximate surface area is 101 Å². The number of carboxylic acid groups (broad SMARTS) is 1. The predicted octanol–water partition coefficient (Wildman–Crippen LogP) is 2.39. The van der Waals surface area contributed by atoms with Gasteiger partial charge in [-0.1, -0.05) is 28.1 Å². The van der Waals surface area contributed by atoms with Gasteiger partial charge in [-0.15, -0.1) is 0 Å². The fraction of sp³-hybridized carbons (Fsp3) is 0.0909. The van der Waals surface area contributed by atoms with Gasteiger partial charge in [-0.3, -0.25) is 4.68 Å². The van der Waals surface area contributed by atoms with Gasteiger partial charge in [-0.2, -0.15) is 5.10 Å². The van der Waals surface area contributed by atoms with E-state index in [2.05, 4.69) is 21.0 Å². The molecule has 0 atom stereocenters. The van der Waals surface area contributed by atoms with Gasteiger partial charge >= 0.3 is 5.97 Å². The van der Waals surface area contributed by atoms with Crippen molar-refractivity contribution in [2.24, 2.45) is 0 Å². The minimum Gasteiger partial charge on any atom is -0.476 e. The molecule has 0 aliphatic heterocycles. The Bertz CT molecular complexity index is 505. The standard InChI is InChI=1S/C11H9BrN2O2/c12-9-3-1-8(2-4-9)7-14-6-5-10(13-14)11(15)16/h1-6H,7H2,(H,15,16). The molecule has 0 radical (unpaired) electrons. The lowest BCUT2D eigenvalue weighted by Crippen LogP contribution is -2.03. The lowest BCUT2D eigenvalue weighted by molar-refractivity contribution is 0.0689. The summed E-state index contributed by atoms with van der Waals surface area (Å²) in [6, 6.07) is 9.30. The highest BCUT2D eigenvalue weighted by molar-refractivity contribution is 9.10. The van der Waals surface area contributed by atoms with Crippen molar-refractivity contribution in [3.8, 4) is 0 Å². The van der Waals surface area contributed by atoms with Crippen molar-refractivity contribution in [2.45, 2.75) is 6.54 Å². The number of benzene rings is 1. The van der Waals surface area contributed by atoms with E-state index in [0.717, 1.165) is 10.0 Å². The molecule has 1 N–H and O–H groups in total. The van der Waals surface area contributed by atoms with Crippen molar-refractivity contribution >= 4 is 21.9 Å².